The van der Waals surface area contributed by atoms with Crippen molar-refractivity contribution >= 4 is 40.6 Å². The first-order valence-electron chi connectivity index (χ1n) is 7.80. The average molecular weight is 404 g/mol. The fourth-order valence-electron chi connectivity index (χ4n) is 2.14. The van der Waals surface area contributed by atoms with Gasteiger partial charge in [0.25, 0.3) is 5.91 Å². The maximum absolute atomic E-state index is 12.1. The van der Waals surface area contributed by atoms with Crippen molar-refractivity contribution < 1.29 is 9.53 Å². The van der Waals surface area contributed by atoms with E-state index < -0.39 is 0 Å². The van der Waals surface area contributed by atoms with Gasteiger partial charge in [-0.05, 0) is 55.0 Å². The van der Waals surface area contributed by atoms with Gasteiger partial charge in [0.2, 0.25) is 5.88 Å². The Balaban J connectivity index is 1.71. The zero-order valence-corrected chi connectivity index (χ0v) is 15.7. The zero-order chi connectivity index (χ0) is 19.4. The van der Waals surface area contributed by atoms with Gasteiger partial charge in [-0.2, -0.15) is 4.98 Å². The van der Waals surface area contributed by atoms with E-state index in [1.165, 1.54) is 6.33 Å². The van der Waals surface area contributed by atoms with Crippen molar-refractivity contribution in [2.75, 3.05) is 11.2 Å². The molecule has 1 aromatic heterocycles. The Hall–Kier alpha value is -3.03. The minimum atomic E-state index is -0.375. The van der Waals surface area contributed by atoms with E-state index in [1.807, 2.05) is 6.92 Å². The Morgan fingerprint density at radius 3 is 2.56 bits per heavy atom. The first kappa shape index (κ1) is 18.8. The molecule has 2 aromatic carbocycles. The monoisotopic (exact) mass is 403 g/mol. The summed E-state index contributed by atoms with van der Waals surface area (Å²) in [5.41, 5.74) is 12.6. The molecule has 7 nitrogen and oxygen atoms in total. The Labute approximate surface area is 165 Å². The van der Waals surface area contributed by atoms with Crippen molar-refractivity contribution in [3.63, 3.8) is 0 Å². The van der Waals surface area contributed by atoms with Gasteiger partial charge in [0.05, 0.1) is 0 Å². The Kier molecular flexibility index (Phi) is 5.63. The molecule has 3 rings (SSSR count). The van der Waals surface area contributed by atoms with Gasteiger partial charge in [0.15, 0.2) is 5.82 Å². The number of hydrogen-bond acceptors (Lipinski definition) is 6. The number of ether oxygens (including phenoxy) is 1. The molecule has 1 heterocycles. The molecule has 0 aliphatic carbocycles. The standard InChI is InChI=1S/C18H15Cl2N5O2/c1-10-8-13(6-7-14(10)20)27-18-15(21)16(22-9-23-18)24-25-17(26)11-2-4-12(19)5-3-11/h2-9H,21H2,1H3,(H,25,26)(H,22,23,24). The molecule has 0 atom stereocenters. The van der Waals surface area contributed by atoms with Crippen LogP contribution in [0, 0.1) is 6.92 Å². The summed E-state index contributed by atoms with van der Waals surface area (Å²) in [7, 11) is 0. The zero-order valence-electron chi connectivity index (χ0n) is 14.2. The maximum atomic E-state index is 12.1. The number of rotatable bonds is 5. The van der Waals surface area contributed by atoms with Crippen LogP contribution in [-0.4, -0.2) is 15.9 Å². The van der Waals surface area contributed by atoms with E-state index in [1.54, 1.807) is 42.5 Å². The summed E-state index contributed by atoms with van der Waals surface area (Å²) < 4.78 is 5.69. The number of nitrogens with zero attached hydrogens (tertiary/aromatic N) is 2. The molecular weight excluding hydrogens is 389 g/mol. The van der Waals surface area contributed by atoms with Crippen molar-refractivity contribution in [3.8, 4) is 11.6 Å². The van der Waals surface area contributed by atoms with Crippen LogP contribution in [0.3, 0.4) is 0 Å². The number of carbonyl (C=O) groups is 1. The van der Waals surface area contributed by atoms with E-state index in [0.29, 0.717) is 21.4 Å². The molecule has 4 N–H and O–H groups in total. The highest BCUT2D eigenvalue weighted by atomic mass is 35.5. The van der Waals surface area contributed by atoms with Gasteiger partial charge in [0, 0.05) is 15.6 Å². The second-order valence-corrected chi connectivity index (χ2v) is 6.38. The minimum Gasteiger partial charge on any atom is -0.437 e. The van der Waals surface area contributed by atoms with Gasteiger partial charge in [-0.1, -0.05) is 23.2 Å². The predicted molar refractivity (Wildman–Crippen MR) is 105 cm³/mol. The average Bonchev–Trinajstić information content (AvgIpc) is 2.66. The molecular formula is C18H15Cl2N5O2. The van der Waals surface area contributed by atoms with E-state index in [4.69, 9.17) is 33.7 Å². The van der Waals surface area contributed by atoms with Crippen molar-refractivity contribution in [3.05, 3.63) is 70.0 Å². The van der Waals surface area contributed by atoms with Crippen LogP contribution in [0.2, 0.25) is 10.0 Å². The lowest BCUT2D eigenvalue weighted by Crippen LogP contribution is -2.30. The summed E-state index contributed by atoms with van der Waals surface area (Å²) in [5, 5.41) is 1.17. The number of anilines is 2. The number of nitrogen functional groups attached to an aromatic ring is 1. The molecule has 0 aliphatic rings. The third kappa shape index (κ3) is 4.58. The van der Waals surface area contributed by atoms with E-state index in [9.17, 15) is 4.79 Å². The SMILES string of the molecule is Cc1cc(Oc2ncnc(NNC(=O)c3ccc(Cl)cc3)c2N)ccc1Cl. The van der Waals surface area contributed by atoms with Gasteiger partial charge in [-0.15, -0.1) is 0 Å². The van der Waals surface area contributed by atoms with Crippen molar-refractivity contribution in [1.29, 1.82) is 0 Å². The molecule has 0 saturated carbocycles. The third-order valence-electron chi connectivity index (χ3n) is 3.59. The van der Waals surface area contributed by atoms with Crippen LogP contribution in [0.25, 0.3) is 0 Å². The highest BCUT2D eigenvalue weighted by molar-refractivity contribution is 6.31. The van der Waals surface area contributed by atoms with Gasteiger partial charge in [-0.25, -0.2) is 4.98 Å². The first-order chi connectivity index (χ1) is 12.9. The van der Waals surface area contributed by atoms with Gasteiger partial charge in [0.1, 0.15) is 17.8 Å². The number of hydrogen-bond donors (Lipinski definition) is 3. The Morgan fingerprint density at radius 2 is 1.85 bits per heavy atom. The molecule has 0 saturated heterocycles. The van der Waals surface area contributed by atoms with E-state index in [0.717, 1.165) is 5.56 Å². The topological polar surface area (TPSA) is 102 Å². The van der Waals surface area contributed by atoms with Crippen LogP contribution < -0.4 is 21.3 Å². The van der Waals surface area contributed by atoms with Gasteiger partial charge >= 0.3 is 0 Å². The van der Waals surface area contributed by atoms with Crippen LogP contribution in [0.15, 0.2) is 48.8 Å². The number of halogens is 2. The summed E-state index contributed by atoms with van der Waals surface area (Å²) in [4.78, 5) is 20.2. The number of carbonyl (C=O) groups excluding carboxylic acids is 1. The Morgan fingerprint density at radius 1 is 1.11 bits per heavy atom. The van der Waals surface area contributed by atoms with E-state index in [2.05, 4.69) is 20.8 Å². The predicted octanol–water partition coefficient (Wildman–Crippen LogP) is 4.22. The van der Waals surface area contributed by atoms with Crippen LogP contribution in [-0.2, 0) is 0 Å². The Bertz CT molecular complexity index is 980. The van der Waals surface area contributed by atoms with Gasteiger partial charge < -0.3 is 10.5 Å². The van der Waals surface area contributed by atoms with E-state index in [-0.39, 0.29) is 23.3 Å². The molecule has 0 unspecified atom stereocenters. The lowest BCUT2D eigenvalue weighted by Gasteiger charge is -2.13. The quantitative estimate of drug-likeness (QED) is 0.551. The van der Waals surface area contributed by atoms with E-state index >= 15 is 0 Å². The number of nitrogens with one attached hydrogen (secondary N) is 2. The number of amides is 1. The summed E-state index contributed by atoms with van der Waals surface area (Å²) in [5.74, 6) is 0.502. The molecule has 1 amide bonds. The second-order valence-electron chi connectivity index (χ2n) is 5.54. The molecule has 0 aliphatic heterocycles. The second kappa shape index (κ2) is 8.11. The van der Waals surface area contributed by atoms with Crippen molar-refractivity contribution in [1.82, 2.24) is 15.4 Å². The molecule has 0 spiro atoms. The molecule has 0 bridgehead atoms. The smallest absolute Gasteiger partial charge is 0.269 e. The highest BCUT2D eigenvalue weighted by Crippen LogP contribution is 2.30. The molecule has 9 heteroatoms. The van der Waals surface area contributed by atoms with Crippen LogP contribution in [0.5, 0.6) is 11.6 Å². The fourth-order valence-corrected chi connectivity index (χ4v) is 2.39. The van der Waals surface area contributed by atoms with Gasteiger partial charge in [-0.3, -0.25) is 15.6 Å². The third-order valence-corrected chi connectivity index (χ3v) is 4.27. The van der Waals surface area contributed by atoms with Crippen LogP contribution in [0.1, 0.15) is 15.9 Å². The highest BCUT2D eigenvalue weighted by Gasteiger charge is 2.12. The lowest BCUT2D eigenvalue weighted by molar-refractivity contribution is 0.0962. The summed E-state index contributed by atoms with van der Waals surface area (Å²) >= 11 is 11.8. The molecule has 27 heavy (non-hydrogen) atoms. The minimum absolute atomic E-state index is 0.140. The fraction of sp³-hybridized carbons (Fsp3) is 0.0556. The number of aromatic nitrogens is 2. The summed E-state index contributed by atoms with van der Waals surface area (Å²) in [6.45, 7) is 1.86. The summed E-state index contributed by atoms with van der Waals surface area (Å²) in [6.07, 6.45) is 1.27. The number of benzene rings is 2. The normalized spacial score (nSPS) is 10.3. The first-order valence-corrected chi connectivity index (χ1v) is 8.56. The largest absolute Gasteiger partial charge is 0.437 e. The maximum Gasteiger partial charge on any atom is 0.269 e. The number of nitrogens with two attached hydrogens (primary N) is 1. The molecule has 138 valence electrons. The summed E-state index contributed by atoms with van der Waals surface area (Å²) in [6, 6.07) is 11.6. The number of hydrazine groups is 1. The van der Waals surface area contributed by atoms with Crippen molar-refractivity contribution in [2.45, 2.75) is 6.92 Å². The van der Waals surface area contributed by atoms with Crippen LogP contribution in [0.4, 0.5) is 11.5 Å². The van der Waals surface area contributed by atoms with Crippen molar-refractivity contribution in [2.24, 2.45) is 0 Å². The lowest BCUT2D eigenvalue weighted by atomic mass is 10.2. The molecule has 0 radical (unpaired) electrons. The molecule has 0 fully saturated rings. The molecule has 3 aromatic rings. The van der Waals surface area contributed by atoms with Crippen LogP contribution >= 0.6 is 23.2 Å². The number of aryl methyl sites for hydroxylation is 1.